The molecular weight excluding hydrogens is 350 g/mol. The number of benzene rings is 2. The second-order valence-electron chi connectivity index (χ2n) is 6.47. The summed E-state index contributed by atoms with van der Waals surface area (Å²) in [5, 5.41) is 12.2. The molecule has 0 fully saturated rings. The fraction of sp³-hybridized carbons (Fsp3) is 0.130. The number of hydrogen-bond donors (Lipinski definition) is 1. The normalized spacial score (nSPS) is 11.0. The van der Waals surface area contributed by atoms with Crippen LogP contribution >= 0.6 is 0 Å². The fourth-order valence-corrected chi connectivity index (χ4v) is 2.75. The van der Waals surface area contributed by atoms with Crippen LogP contribution in [0.4, 0.5) is 5.69 Å². The second-order valence-corrected chi connectivity index (χ2v) is 6.47. The summed E-state index contributed by atoms with van der Waals surface area (Å²) in [5.74, 6) is 0.355. The van der Waals surface area contributed by atoms with Crippen LogP contribution in [0.15, 0.2) is 66.5 Å². The van der Waals surface area contributed by atoms with E-state index < -0.39 is 5.91 Å². The van der Waals surface area contributed by atoms with E-state index in [9.17, 15) is 10.1 Å². The summed E-state index contributed by atoms with van der Waals surface area (Å²) in [7, 11) is 1.62. The highest BCUT2D eigenvalue weighted by atomic mass is 16.5. The lowest BCUT2D eigenvalue weighted by Crippen LogP contribution is -2.13. The lowest BCUT2D eigenvalue weighted by atomic mass is 10.1. The monoisotopic (exact) mass is 371 g/mol. The highest BCUT2D eigenvalue weighted by Gasteiger charge is 2.10. The smallest absolute Gasteiger partial charge is 0.266 e. The number of nitrogens with one attached hydrogen (secondary N) is 1. The number of rotatable bonds is 5. The Labute approximate surface area is 164 Å². The first-order valence-corrected chi connectivity index (χ1v) is 8.83. The second kappa shape index (κ2) is 8.28. The highest BCUT2D eigenvalue weighted by Crippen LogP contribution is 2.18. The minimum Gasteiger partial charge on any atom is -0.497 e. The fourth-order valence-electron chi connectivity index (χ4n) is 2.75. The Hall–Kier alpha value is -3.78. The molecule has 1 aromatic heterocycles. The van der Waals surface area contributed by atoms with Gasteiger partial charge in [0, 0.05) is 23.8 Å². The molecule has 0 unspecified atom stereocenters. The zero-order valence-electron chi connectivity index (χ0n) is 16.1. The van der Waals surface area contributed by atoms with Crippen molar-refractivity contribution in [3.63, 3.8) is 0 Å². The van der Waals surface area contributed by atoms with E-state index >= 15 is 0 Å². The molecule has 2 aromatic carbocycles. The molecule has 3 rings (SSSR count). The molecular formula is C23H21N3O2. The number of anilines is 1. The van der Waals surface area contributed by atoms with E-state index in [-0.39, 0.29) is 5.57 Å². The van der Waals surface area contributed by atoms with E-state index in [2.05, 4.69) is 5.32 Å². The summed E-state index contributed by atoms with van der Waals surface area (Å²) < 4.78 is 7.09. The molecule has 0 saturated carbocycles. The maximum Gasteiger partial charge on any atom is 0.266 e. The summed E-state index contributed by atoms with van der Waals surface area (Å²) in [6.07, 6.45) is 5.32. The van der Waals surface area contributed by atoms with Crippen LogP contribution in [0.3, 0.4) is 0 Å². The molecule has 1 heterocycles. The van der Waals surface area contributed by atoms with Gasteiger partial charge in [0.1, 0.15) is 17.4 Å². The first-order chi connectivity index (χ1) is 13.5. The van der Waals surface area contributed by atoms with Crippen LogP contribution in [0.1, 0.15) is 16.7 Å². The van der Waals surface area contributed by atoms with Crippen LogP contribution in [-0.2, 0) is 4.79 Å². The summed E-state index contributed by atoms with van der Waals surface area (Å²) >= 11 is 0. The van der Waals surface area contributed by atoms with Crippen molar-refractivity contribution in [2.75, 3.05) is 12.4 Å². The number of hydrogen-bond acceptors (Lipinski definition) is 3. The summed E-state index contributed by atoms with van der Waals surface area (Å²) in [6, 6.07) is 17.1. The Kier molecular flexibility index (Phi) is 5.61. The molecule has 28 heavy (non-hydrogen) atoms. The van der Waals surface area contributed by atoms with Gasteiger partial charge in [0.2, 0.25) is 0 Å². The van der Waals surface area contributed by atoms with Crippen molar-refractivity contribution in [3.05, 3.63) is 83.2 Å². The predicted molar refractivity (Wildman–Crippen MR) is 110 cm³/mol. The molecule has 5 heteroatoms. The van der Waals surface area contributed by atoms with Gasteiger partial charge in [-0.25, -0.2) is 0 Å². The Morgan fingerprint density at radius 1 is 1.11 bits per heavy atom. The molecule has 0 saturated heterocycles. The minimum absolute atomic E-state index is 0.0470. The van der Waals surface area contributed by atoms with Gasteiger partial charge in [0.15, 0.2) is 0 Å². The Morgan fingerprint density at radius 2 is 1.86 bits per heavy atom. The average Bonchev–Trinajstić information content (AvgIpc) is 3.17. The molecule has 140 valence electrons. The molecule has 0 radical (unpaired) electrons. The van der Waals surface area contributed by atoms with Gasteiger partial charge < -0.3 is 14.6 Å². The molecule has 0 spiro atoms. The summed E-state index contributed by atoms with van der Waals surface area (Å²) in [6.45, 7) is 3.99. The van der Waals surface area contributed by atoms with Crippen molar-refractivity contribution in [1.82, 2.24) is 4.57 Å². The van der Waals surface area contributed by atoms with Crippen molar-refractivity contribution >= 4 is 17.7 Å². The molecule has 0 atom stereocenters. The largest absolute Gasteiger partial charge is 0.497 e. The van der Waals surface area contributed by atoms with Gasteiger partial charge in [-0.05, 0) is 79.1 Å². The van der Waals surface area contributed by atoms with Crippen LogP contribution in [0, 0.1) is 25.2 Å². The topological polar surface area (TPSA) is 67.0 Å². The van der Waals surface area contributed by atoms with Crippen LogP contribution in [-0.4, -0.2) is 17.6 Å². The maximum atomic E-state index is 12.5. The Morgan fingerprint density at radius 3 is 2.50 bits per heavy atom. The van der Waals surface area contributed by atoms with Gasteiger partial charge >= 0.3 is 0 Å². The highest BCUT2D eigenvalue weighted by molar-refractivity contribution is 6.09. The third-order valence-corrected chi connectivity index (χ3v) is 4.53. The summed E-state index contributed by atoms with van der Waals surface area (Å²) in [4.78, 5) is 12.5. The molecule has 0 aliphatic carbocycles. The maximum absolute atomic E-state index is 12.5. The Balaban J connectivity index is 1.78. The zero-order chi connectivity index (χ0) is 20.1. The van der Waals surface area contributed by atoms with Gasteiger partial charge in [0.05, 0.1) is 7.11 Å². The van der Waals surface area contributed by atoms with Crippen LogP contribution in [0.5, 0.6) is 5.75 Å². The number of nitrogens with zero attached hydrogens (tertiary/aromatic N) is 2. The van der Waals surface area contributed by atoms with E-state index in [1.54, 1.807) is 13.2 Å². The van der Waals surface area contributed by atoms with Crippen LogP contribution in [0.25, 0.3) is 11.8 Å². The van der Waals surface area contributed by atoms with Crippen molar-refractivity contribution in [2.45, 2.75) is 13.8 Å². The van der Waals surface area contributed by atoms with Crippen LogP contribution in [0.2, 0.25) is 0 Å². The van der Waals surface area contributed by atoms with Crippen LogP contribution < -0.4 is 10.1 Å². The lowest BCUT2D eigenvalue weighted by molar-refractivity contribution is -0.112. The SMILES string of the molecule is COc1ccc(-n2ccc(/C=C(\C#N)C(=O)Nc3ccc(C)c(C)c3)c2)cc1. The zero-order valence-corrected chi connectivity index (χ0v) is 16.1. The van der Waals surface area contributed by atoms with Crippen molar-refractivity contribution < 1.29 is 9.53 Å². The van der Waals surface area contributed by atoms with Gasteiger partial charge in [-0.3, -0.25) is 4.79 Å². The van der Waals surface area contributed by atoms with Gasteiger partial charge in [-0.15, -0.1) is 0 Å². The number of carbonyl (C=O) groups excluding carboxylic acids is 1. The van der Waals surface area contributed by atoms with E-state index in [0.717, 1.165) is 28.1 Å². The van der Waals surface area contributed by atoms with E-state index in [1.807, 2.05) is 85.4 Å². The molecule has 0 aliphatic heterocycles. The molecule has 1 amide bonds. The molecule has 3 aromatic rings. The van der Waals surface area contributed by atoms with Crippen molar-refractivity contribution in [3.8, 4) is 17.5 Å². The number of carbonyl (C=O) groups is 1. The first-order valence-electron chi connectivity index (χ1n) is 8.83. The van der Waals surface area contributed by atoms with E-state index in [0.29, 0.717) is 5.69 Å². The summed E-state index contributed by atoms with van der Waals surface area (Å²) in [5.41, 5.74) is 4.67. The Bertz CT molecular complexity index is 1070. The van der Waals surface area contributed by atoms with Gasteiger partial charge in [-0.1, -0.05) is 6.07 Å². The number of aromatic nitrogens is 1. The van der Waals surface area contributed by atoms with Gasteiger partial charge in [0.25, 0.3) is 5.91 Å². The predicted octanol–water partition coefficient (Wildman–Crippen LogP) is 4.65. The van der Waals surface area contributed by atoms with E-state index in [1.165, 1.54) is 0 Å². The number of methoxy groups -OCH3 is 1. The molecule has 5 nitrogen and oxygen atoms in total. The number of nitriles is 1. The average molecular weight is 371 g/mol. The molecule has 1 N–H and O–H groups in total. The quantitative estimate of drug-likeness (QED) is 0.524. The molecule has 0 bridgehead atoms. The minimum atomic E-state index is -0.428. The third-order valence-electron chi connectivity index (χ3n) is 4.53. The van der Waals surface area contributed by atoms with Gasteiger partial charge in [-0.2, -0.15) is 5.26 Å². The standard InChI is InChI=1S/C23H21N3O2/c1-16-4-5-20(12-17(16)2)25-23(27)19(14-24)13-18-10-11-26(15-18)21-6-8-22(28-3)9-7-21/h4-13,15H,1-3H3,(H,25,27)/b19-13+. The van der Waals surface area contributed by atoms with Crippen molar-refractivity contribution in [2.24, 2.45) is 0 Å². The number of aryl methyl sites for hydroxylation is 2. The van der Waals surface area contributed by atoms with Crippen molar-refractivity contribution in [1.29, 1.82) is 5.26 Å². The third kappa shape index (κ3) is 4.30. The molecule has 0 aliphatic rings. The lowest BCUT2D eigenvalue weighted by Gasteiger charge is -2.07. The first kappa shape index (κ1) is 19.0. The van der Waals surface area contributed by atoms with E-state index in [4.69, 9.17) is 4.74 Å². The number of ether oxygens (including phenoxy) is 1. The number of amides is 1.